The molecular weight excluding hydrogens is 226 g/mol. The van der Waals surface area contributed by atoms with E-state index in [9.17, 15) is 4.79 Å². The lowest BCUT2D eigenvalue weighted by Crippen LogP contribution is -2.46. The molecule has 0 saturated carbocycles. The Morgan fingerprint density at radius 3 is 2.44 bits per heavy atom. The van der Waals surface area contributed by atoms with Gasteiger partial charge in [-0.1, -0.05) is 6.92 Å². The number of likely N-dealkylation sites (tertiary alicyclic amines) is 2. The van der Waals surface area contributed by atoms with E-state index in [1.54, 1.807) is 0 Å². The van der Waals surface area contributed by atoms with Crippen LogP contribution in [0, 0.1) is 0 Å². The van der Waals surface area contributed by atoms with Gasteiger partial charge in [-0.25, -0.2) is 0 Å². The van der Waals surface area contributed by atoms with E-state index in [1.807, 2.05) is 4.90 Å². The van der Waals surface area contributed by atoms with Crippen molar-refractivity contribution in [3.05, 3.63) is 0 Å². The Kier molecular flexibility index (Phi) is 5.45. The zero-order valence-electron chi connectivity index (χ0n) is 11.7. The Morgan fingerprint density at radius 1 is 1.17 bits per heavy atom. The minimum Gasteiger partial charge on any atom is -0.342 e. The number of piperidine rings is 1. The second-order valence-electron chi connectivity index (χ2n) is 5.59. The van der Waals surface area contributed by atoms with Gasteiger partial charge in [0, 0.05) is 32.2 Å². The van der Waals surface area contributed by atoms with Gasteiger partial charge < -0.3 is 10.2 Å². The van der Waals surface area contributed by atoms with Crippen LogP contribution in [-0.2, 0) is 4.79 Å². The van der Waals surface area contributed by atoms with Crippen molar-refractivity contribution in [1.29, 1.82) is 0 Å². The van der Waals surface area contributed by atoms with Gasteiger partial charge in [0.2, 0.25) is 5.91 Å². The Hall–Kier alpha value is -0.610. The number of carbonyl (C=O) groups excluding carboxylic acids is 1. The lowest BCUT2D eigenvalue weighted by Gasteiger charge is -2.32. The predicted molar refractivity (Wildman–Crippen MR) is 73.6 cm³/mol. The van der Waals surface area contributed by atoms with Gasteiger partial charge in [-0.05, 0) is 38.6 Å². The maximum absolute atomic E-state index is 12.0. The number of nitrogens with zero attached hydrogens (tertiary/aromatic N) is 2. The van der Waals surface area contributed by atoms with Crippen molar-refractivity contribution in [3.63, 3.8) is 0 Å². The summed E-state index contributed by atoms with van der Waals surface area (Å²) in [7, 11) is 0. The van der Waals surface area contributed by atoms with Crippen molar-refractivity contribution in [2.45, 2.75) is 45.1 Å². The predicted octanol–water partition coefficient (Wildman–Crippen LogP) is 1.07. The van der Waals surface area contributed by atoms with Crippen molar-refractivity contribution < 1.29 is 4.79 Å². The van der Waals surface area contributed by atoms with E-state index in [0.29, 0.717) is 18.5 Å². The molecule has 0 bridgehead atoms. The molecule has 4 nitrogen and oxygen atoms in total. The molecule has 1 N–H and O–H groups in total. The molecule has 0 aromatic heterocycles. The molecule has 2 heterocycles. The maximum atomic E-state index is 12.0. The SMILES string of the molecule is CCCNC1CCN(CC(=O)N2CCCC2)CC1. The fraction of sp³-hybridized carbons (Fsp3) is 0.929. The molecule has 2 fully saturated rings. The number of rotatable bonds is 5. The van der Waals surface area contributed by atoms with Crippen LogP contribution in [0.15, 0.2) is 0 Å². The summed E-state index contributed by atoms with van der Waals surface area (Å²) in [5.74, 6) is 0.340. The standard InChI is InChI=1S/C14H27N3O/c1-2-7-15-13-5-10-16(11-6-13)12-14(18)17-8-3-4-9-17/h13,15H,2-12H2,1H3. The van der Waals surface area contributed by atoms with Crippen LogP contribution in [-0.4, -0.2) is 61.0 Å². The van der Waals surface area contributed by atoms with E-state index in [-0.39, 0.29) is 0 Å². The smallest absolute Gasteiger partial charge is 0.236 e. The van der Waals surface area contributed by atoms with Gasteiger partial charge in [-0.3, -0.25) is 9.69 Å². The van der Waals surface area contributed by atoms with Crippen molar-refractivity contribution in [1.82, 2.24) is 15.1 Å². The summed E-state index contributed by atoms with van der Waals surface area (Å²) in [4.78, 5) is 16.4. The van der Waals surface area contributed by atoms with Gasteiger partial charge in [0.05, 0.1) is 6.54 Å². The molecule has 2 aliphatic rings. The molecule has 0 spiro atoms. The van der Waals surface area contributed by atoms with Crippen LogP contribution in [0.2, 0.25) is 0 Å². The van der Waals surface area contributed by atoms with Crippen LogP contribution < -0.4 is 5.32 Å². The van der Waals surface area contributed by atoms with Gasteiger partial charge in [-0.2, -0.15) is 0 Å². The van der Waals surface area contributed by atoms with Gasteiger partial charge in [0.15, 0.2) is 0 Å². The fourth-order valence-electron chi connectivity index (χ4n) is 2.90. The summed E-state index contributed by atoms with van der Waals surface area (Å²) in [6.45, 7) is 8.07. The molecule has 18 heavy (non-hydrogen) atoms. The third kappa shape index (κ3) is 3.95. The molecule has 104 valence electrons. The first kappa shape index (κ1) is 13.8. The number of amides is 1. The Morgan fingerprint density at radius 2 is 1.83 bits per heavy atom. The monoisotopic (exact) mass is 253 g/mol. The molecule has 0 aromatic carbocycles. The molecule has 0 unspecified atom stereocenters. The van der Waals surface area contributed by atoms with Crippen LogP contribution in [0.3, 0.4) is 0 Å². The summed E-state index contributed by atoms with van der Waals surface area (Å²) in [6.07, 6.45) is 5.96. The van der Waals surface area contributed by atoms with E-state index in [0.717, 1.165) is 32.7 Å². The normalized spacial score (nSPS) is 22.6. The number of hydrogen-bond donors (Lipinski definition) is 1. The topological polar surface area (TPSA) is 35.6 Å². The molecule has 0 atom stereocenters. The Labute approximate surface area is 111 Å². The second-order valence-corrected chi connectivity index (χ2v) is 5.59. The lowest BCUT2D eigenvalue weighted by molar-refractivity contribution is -0.131. The average molecular weight is 253 g/mol. The largest absolute Gasteiger partial charge is 0.342 e. The van der Waals surface area contributed by atoms with Crippen molar-refractivity contribution in [2.75, 3.05) is 39.3 Å². The molecule has 2 rings (SSSR count). The first-order valence-electron chi connectivity index (χ1n) is 7.53. The zero-order valence-corrected chi connectivity index (χ0v) is 11.7. The van der Waals surface area contributed by atoms with E-state index in [4.69, 9.17) is 0 Å². The quantitative estimate of drug-likeness (QED) is 0.796. The highest BCUT2D eigenvalue weighted by Crippen LogP contribution is 2.12. The summed E-state index contributed by atoms with van der Waals surface area (Å²) in [5.41, 5.74) is 0. The Bertz CT molecular complexity index is 256. The van der Waals surface area contributed by atoms with Crippen LogP contribution in [0.25, 0.3) is 0 Å². The summed E-state index contributed by atoms with van der Waals surface area (Å²) in [6, 6.07) is 0.670. The fourth-order valence-corrected chi connectivity index (χ4v) is 2.90. The van der Waals surface area contributed by atoms with Gasteiger partial charge in [0.25, 0.3) is 0 Å². The van der Waals surface area contributed by atoms with Crippen LogP contribution in [0.1, 0.15) is 39.0 Å². The van der Waals surface area contributed by atoms with Gasteiger partial charge >= 0.3 is 0 Å². The van der Waals surface area contributed by atoms with Crippen LogP contribution >= 0.6 is 0 Å². The molecule has 2 aliphatic heterocycles. The molecule has 1 amide bonds. The lowest BCUT2D eigenvalue weighted by atomic mass is 10.0. The first-order valence-corrected chi connectivity index (χ1v) is 7.53. The number of hydrogen-bond acceptors (Lipinski definition) is 3. The van der Waals surface area contributed by atoms with Crippen molar-refractivity contribution in [2.24, 2.45) is 0 Å². The van der Waals surface area contributed by atoms with E-state index >= 15 is 0 Å². The number of nitrogens with one attached hydrogen (secondary N) is 1. The average Bonchev–Trinajstić information content (AvgIpc) is 2.92. The molecule has 2 saturated heterocycles. The molecular formula is C14H27N3O. The summed E-state index contributed by atoms with van der Waals surface area (Å²) in [5, 5.41) is 3.58. The van der Waals surface area contributed by atoms with Gasteiger partial charge in [-0.15, -0.1) is 0 Å². The van der Waals surface area contributed by atoms with Crippen molar-refractivity contribution in [3.8, 4) is 0 Å². The summed E-state index contributed by atoms with van der Waals surface area (Å²) >= 11 is 0. The molecule has 4 heteroatoms. The summed E-state index contributed by atoms with van der Waals surface area (Å²) < 4.78 is 0. The molecule has 0 radical (unpaired) electrons. The van der Waals surface area contributed by atoms with Crippen molar-refractivity contribution >= 4 is 5.91 Å². The molecule has 0 aromatic rings. The maximum Gasteiger partial charge on any atom is 0.236 e. The highest BCUT2D eigenvalue weighted by Gasteiger charge is 2.23. The van der Waals surface area contributed by atoms with E-state index < -0.39 is 0 Å². The van der Waals surface area contributed by atoms with Gasteiger partial charge in [0.1, 0.15) is 0 Å². The van der Waals surface area contributed by atoms with E-state index in [2.05, 4.69) is 17.1 Å². The second kappa shape index (κ2) is 7.10. The highest BCUT2D eigenvalue weighted by atomic mass is 16.2. The first-order chi connectivity index (χ1) is 8.79. The number of carbonyl (C=O) groups is 1. The third-order valence-electron chi connectivity index (χ3n) is 4.09. The zero-order chi connectivity index (χ0) is 12.8. The minimum absolute atomic E-state index is 0.340. The van der Waals surface area contributed by atoms with E-state index in [1.165, 1.54) is 32.1 Å². The minimum atomic E-state index is 0.340. The third-order valence-corrected chi connectivity index (χ3v) is 4.09. The highest BCUT2D eigenvalue weighted by molar-refractivity contribution is 5.78. The Balaban J connectivity index is 1.65. The van der Waals surface area contributed by atoms with Crippen LogP contribution in [0.4, 0.5) is 0 Å². The molecule has 0 aliphatic carbocycles. The van der Waals surface area contributed by atoms with Crippen LogP contribution in [0.5, 0.6) is 0 Å².